The molecular formula is C13H6ClN2NaO4. The van der Waals surface area contributed by atoms with Gasteiger partial charge in [-0.1, -0.05) is 11.6 Å². The second-order valence-corrected chi connectivity index (χ2v) is 4.56. The molecule has 0 radical (unpaired) electrons. The van der Waals surface area contributed by atoms with E-state index in [1.54, 1.807) is 6.07 Å². The second-order valence-electron chi connectivity index (χ2n) is 4.13. The molecule has 0 saturated heterocycles. The van der Waals surface area contributed by atoms with E-state index >= 15 is 0 Å². The van der Waals surface area contributed by atoms with Crippen LogP contribution in [0, 0.1) is 0 Å². The molecule has 0 bridgehead atoms. The molecule has 0 unspecified atom stereocenters. The molecule has 0 saturated carbocycles. The van der Waals surface area contributed by atoms with Crippen LogP contribution in [0.5, 0.6) is 0 Å². The van der Waals surface area contributed by atoms with Crippen LogP contribution < -0.4 is 45.8 Å². The Morgan fingerprint density at radius 3 is 2.67 bits per heavy atom. The molecule has 3 rings (SSSR count). The zero-order valence-corrected chi connectivity index (χ0v) is 13.6. The fraction of sp³-hybridized carbons (Fsp3) is 0. The molecule has 0 aliphatic rings. The maximum absolute atomic E-state index is 12.3. The number of carboxylic acid groups (broad SMARTS) is 1. The van der Waals surface area contributed by atoms with Gasteiger partial charge in [0.05, 0.1) is 11.4 Å². The summed E-state index contributed by atoms with van der Waals surface area (Å²) in [5, 5.41) is 11.5. The van der Waals surface area contributed by atoms with Crippen LogP contribution in [0.1, 0.15) is 10.4 Å². The van der Waals surface area contributed by atoms with Gasteiger partial charge in [0.25, 0.3) is 0 Å². The number of aromatic carboxylic acids is 1. The minimum atomic E-state index is -1.49. The number of carboxylic acids is 1. The van der Waals surface area contributed by atoms with Gasteiger partial charge in [0.2, 0.25) is 5.43 Å². The van der Waals surface area contributed by atoms with Crippen molar-refractivity contribution < 1.29 is 43.9 Å². The topological polar surface area (TPSA) is 109 Å². The van der Waals surface area contributed by atoms with Crippen LogP contribution in [0.15, 0.2) is 33.5 Å². The quantitative estimate of drug-likeness (QED) is 0.409. The largest absolute Gasteiger partial charge is 1.00 e. The summed E-state index contributed by atoms with van der Waals surface area (Å²) in [7, 11) is 0. The number of aromatic nitrogens is 1. The second kappa shape index (κ2) is 5.65. The summed E-state index contributed by atoms with van der Waals surface area (Å²) in [5.74, 6) is -1.79. The summed E-state index contributed by atoms with van der Waals surface area (Å²) in [6, 6.07) is 5.66. The third-order valence-corrected chi connectivity index (χ3v) is 3.09. The Morgan fingerprint density at radius 2 is 2.00 bits per heavy atom. The van der Waals surface area contributed by atoms with E-state index in [1.807, 2.05) is 0 Å². The third-order valence-electron chi connectivity index (χ3n) is 2.86. The monoisotopic (exact) mass is 312 g/mol. The third kappa shape index (κ3) is 2.63. The number of halogens is 1. The first kappa shape index (κ1) is 15.8. The van der Waals surface area contributed by atoms with Gasteiger partial charge in [-0.25, -0.2) is 4.98 Å². The Morgan fingerprint density at radius 1 is 1.29 bits per heavy atom. The van der Waals surface area contributed by atoms with Crippen molar-refractivity contribution in [2.75, 3.05) is 5.73 Å². The molecule has 0 aliphatic carbocycles. The zero-order valence-electron chi connectivity index (χ0n) is 10.8. The molecule has 0 spiro atoms. The van der Waals surface area contributed by atoms with Gasteiger partial charge in [0, 0.05) is 10.6 Å². The van der Waals surface area contributed by atoms with Gasteiger partial charge in [0.1, 0.15) is 11.4 Å². The SMILES string of the molecule is Nc1nc2c(=O)c3cc(Cl)ccc3oc2cc1C(=O)[O-].[Na+]. The van der Waals surface area contributed by atoms with Crippen LogP contribution in [-0.4, -0.2) is 11.0 Å². The molecule has 3 aromatic rings. The van der Waals surface area contributed by atoms with E-state index in [-0.39, 0.29) is 63.0 Å². The van der Waals surface area contributed by atoms with Crippen LogP contribution in [0.4, 0.5) is 5.82 Å². The number of carbonyl (C=O) groups excluding carboxylic acids is 1. The number of pyridine rings is 1. The number of fused-ring (bicyclic) bond motifs is 2. The van der Waals surface area contributed by atoms with Crippen molar-refractivity contribution in [2.45, 2.75) is 0 Å². The number of nitrogens with two attached hydrogens (primary N) is 1. The minimum absolute atomic E-state index is 0. The number of carbonyl (C=O) groups is 1. The fourth-order valence-corrected chi connectivity index (χ4v) is 2.10. The molecule has 0 aliphatic heterocycles. The molecule has 2 heterocycles. The summed E-state index contributed by atoms with van der Waals surface area (Å²) in [6.45, 7) is 0. The molecule has 8 heteroatoms. The minimum Gasteiger partial charge on any atom is -0.545 e. The number of nitrogen functional groups attached to an aromatic ring is 1. The van der Waals surface area contributed by atoms with Gasteiger partial charge < -0.3 is 20.1 Å². The summed E-state index contributed by atoms with van der Waals surface area (Å²) in [6.07, 6.45) is 0. The van der Waals surface area contributed by atoms with E-state index in [1.165, 1.54) is 12.1 Å². The van der Waals surface area contributed by atoms with Gasteiger partial charge >= 0.3 is 29.6 Å². The first-order valence-corrected chi connectivity index (χ1v) is 5.89. The Kier molecular flexibility index (Phi) is 4.25. The molecule has 0 fully saturated rings. The maximum atomic E-state index is 12.3. The summed E-state index contributed by atoms with van der Waals surface area (Å²) < 4.78 is 5.46. The molecule has 100 valence electrons. The van der Waals surface area contributed by atoms with E-state index in [4.69, 9.17) is 21.8 Å². The number of hydrogen-bond acceptors (Lipinski definition) is 6. The zero-order chi connectivity index (χ0) is 14.4. The average Bonchev–Trinajstić information content (AvgIpc) is 2.40. The standard InChI is InChI=1S/C13H7ClN2O4.Na/c14-5-1-2-8-6(3-5)11(17)10-9(20-8)4-7(13(18)19)12(15)16-10;/h1-4H,(H2,15,16)(H,18,19);/q;+1/p-1. The molecule has 2 aromatic heterocycles. The Labute approximate surface area is 144 Å². The Balaban J connectivity index is 0.00000161. The Hall–Kier alpha value is -1.60. The van der Waals surface area contributed by atoms with Gasteiger partial charge in [0.15, 0.2) is 11.1 Å². The number of rotatable bonds is 1. The number of anilines is 1. The van der Waals surface area contributed by atoms with Crippen LogP contribution in [-0.2, 0) is 0 Å². The van der Waals surface area contributed by atoms with Crippen LogP contribution in [0.2, 0.25) is 5.02 Å². The van der Waals surface area contributed by atoms with Gasteiger partial charge in [-0.05, 0) is 24.3 Å². The predicted octanol–water partition coefficient (Wildman–Crippen LogP) is -2.06. The molecule has 2 N–H and O–H groups in total. The van der Waals surface area contributed by atoms with Crippen LogP contribution in [0.3, 0.4) is 0 Å². The van der Waals surface area contributed by atoms with Crippen LogP contribution >= 0.6 is 11.6 Å². The van der Waals surface area contributed by atoms with E-state index in [0.717, 1.165) is 6.07 Å². The number of hydrogen-bond donors (Lipinski definition) is 1. The smallest absolute Gasteiger partial charge is 0.545 e. The van der Waals surface area contributed by atoms with Crippen molar-refractivity contribution >= 4 is 45.5 Å². The molecule has 1 aromatic carbocycles. The van der Waals surface area contributed by atoms with Crippen molar-refractivity contribution in [2.24, 2.45) is 0 Å². The average molecular weight is 313 g/mol. The van der Waals surface area contributed by atoms with Crippen molar-refractivity contribution in [3.8, 4) is 0 Å². The molecule has 6 nitrogen and oxygen atoms in total. The van der Waals surface area contributed by atoms with E-state index in [9.17, 15) is 14.7 Å². The number of nitrogens with zero attached hydrogens (tertiary/aromatic N) is 1. The predicted molar refractivity (Wildman–Crippen MR) is 71.5 cm³/mol. The molecule has 21 heavy (non-hydrogen) atoms. The maximum Gasteiger partial charge on any atom is 1.00 e. The van der Waals surface area contributed by atoms with Gasteiger partial charge in [-0.2, -0.15) is 0 Å². The van der Waals surface area contributed by atoms with Crippen molar-refractivity contribution in [1.82, 2.24) is 4.98 Å². The number of benzene rings is 1. The van der Waals surface area contributed by atoms with Crippen LogP contribution in [0.25, 0.3) is 22.1 Å². The van der Waals surface area contributed by atoms with Gasteiger partial charge in [-0.15, -0.1) is 0 Å². The fourth-order valence-electron chi connectivity index (χ4n) is 1.93. The van der Waals surface area contributed by atoms with Crippen molar-refractivity contribution in [1.29, 1.82) is 0 Å². The van der Waals surface area contributed by atoms with E-state index < -0.39 is 11.4 Å². The summed E-state index contributed by atoms with van der Waals surface area (Å²) >= 11 is 5.83. The summed E-state index contributed by atoms with van der Waals surface area (Å²) in [4.78, 5) is 26.9. The molecular weight excluding hydrogens is 307 g/mol. The molecule has 0 amide bonds. The Bertz CT molecular complexity index is 939. The van der Waals surface area contributed by atoms with E-state index in [0.29, 0.717) is 5.02 Å². The van der Waals surface area contributed by atoms with Crippen molar-refractivity contribution in [3.63, 3.8) is 0 Å². The first-order valence-electron chi connectivity index (χ1n) is 5.51. The first-order chi connectivity index (χ1) is 9.47. The van der Waals surface area contributed by atoms with Crippen molar-refractivity contribution in [3.05, 3.63) is 45.1 Å². The normalized spacial score (nSPS) is 10.5. The molecule has 0 atom stereocenters. The summed E-state index contributed by atoms with van der Waals surface area (Å²) in [5.41, 5.74) is 4.99. The van der Waals surface area contributed by atoms with Gasteiger partial charge in [-0.3, -0.25) is 4.79 Å². The van der Waals surface area contributed by atoms with E-state index in [2.05, 4.69) is 4.98 Å².